The van der Waals surface area contributed by atoms with Crippen LogP contribution in [-0.2, 0) is 16.0 Å². The number of hydrogen-bond acceptors (Lipinski definition) is 5. The van der Waals surface area contributed by atoms with Crippen LogP contribution in [0.4, 0.5) is 5.69 Å². The molecule has 0 aliphatic carbocycles. The summed E-state index contributed by atoms with van der Waals surface area (Å²) in [4.78, 5) is 45.1. The maximum Gasteiger partial charge on any atom is 0.280 e. The molecule has 1 aromatic carbocycles. The van der Waals surface area contributed by atoms with Crippen LogP contribution in [0.3, 0.4) is 0 Å². The maximum absolute atomic E-state index is 12.7. The molecular weight excluding hydrogens is 400 g/mol. The van der Waals surface area contributed by atoms with Gasteiger partial charge in [0.05, 0.1) is 11.3 Å². The second kappa shape index (κ2) is 7.37. The molecule has 144 valence electrons. The molecule has 0 bridgehead atoms. The first kappa shape index (κ1) is 18.6. The minimum atomic E-state index is -0.567. The van der Waals surface area contributed by atoms with Crippen molar-refractivity contribution in [2.75, 3.05) is 16.9 Å². The van der Waals surface area contributed by atoms with Crippen molar-refractivity contribution >= 4 is 50.7 Å². The minimum Gasteiger partial charge on any atom is -0.312 e. The summed E-state index contributed by atoms with van der Waals surface area (Å²) in [6.45, 7) is 2.24. The molecule has 2 aromatic heterocycles. The summed E-state index contributed by atoms with van der Waals surface area (Å²) >= 11 is 7.46. The van der Waals surface area contributed by atoms with E-state index >= 15 is 0 Å². The molecule has 0 radical (unpaired) electrons. The zero-order chi connectivity index (χ0) is 19.8. The molecule has 4 rings (SSSR count). The summed E-state index contributed by atoms with van der Waals surface area (Å²) < 4.78 is 1.09. The van der Waals surface area contributed by atoms with E-state index < -0.39 is 11.8 Å². The number of rotatable bonds is 4. The minimum absolute atomic E-state index is 0.0706. The number of amides is 2. The lowest BCUT2D eigenvalue weighted by Gasteiger charge is -2.17. The van der Waals surface area contributed by atoms with Gasteiger partial charge in [0, 0.05) is 28.6 Å². The van der Waals surface area contributed by atoms with Crippen molar-refractivity contribution in [2.24, 2.45) is 5.92 Å². The molecular formula is C19H17ClN4O3S. The zero-order valence-electron chi connectivity index (χ0n) is 15.0. The predicted octanol–water partition coefficient (Wildman–Crippen LogP) is 2.80. The number of aromatic nitrogens is 2. The van der Waals surface area contributed by atoms with Gasteiger partial charge in [-0.1, -0.05) is 24.6 Å². The third-order valence-electron chi connectivity index (χ3n) is 4.70. The largest absolute Gasteiger partial charge is 0.312 e. The average molecular weight is 417 g/mol. The van der Waals surface area contributed by atoms with Crippen molar-refractivity contribution in [1.29, 1.82) is 0 Å². The van der Waals surface area contributed by atoms with E-state index in [1.165, 1.54) is 22.6 Å². The molecule has 3 aromatic rings. The Balaban J connectivity index is 1.53. The van der Waals surface area contributed by atoms with Crippen LogP contribution in [0.5, 0.6) is 0 Å². The van der Waals surface area contributed by atoms with Crippen LogP contribution in [0.1, 0.15) is 18.2 Å². The number of aryl methyl sites for hydroxylation is 1. The van der Waals surface area contributed by atoms with Gasteiger partial charge in [0.25, 0.3) is 5.56 Å². The Morgan fingerprint density at radius 2 is 2.18 bits per heavy atom. The quantitative estimate of drug-likeness (QED) is 0.708. The maximum atomic E-state index is 12.7. The van der Waals surface area contributed by atoms with Gasteiger partial charge in [-0.15, -0.1) is 11.3 Å². The first-order valence-corrected chi connectivity index (χ1v) is 10.0. The number of benzene rings is 1. The Hall–Kier alpha value is -2.71. The zero-order valence-corrected chi connectivity index (χ0v) is 16.6. The Morgan fingerprint density at radius 3 is 2.93 bits per heavy atom. The molecule has 1 atom stereocenters. The van der Waals surface area contributed by atoms with Crippen molar-refractivity contribution < 1.29 is 9.59 Å². The number of thiophene rings is 1. The van der Waals surface area contributed by atoms with Gasteiger partial charge in [-0.2, -0.15) is 0 Å². The van der Waals surface area contributed by atoms with E-state index in [1.54, 1.807) is 30.3 Å². The molecule has 1 N–H and O–H groups in total. The first-order chi connectivity index (χ1) is 13.5. The molecule has 1 aliphatic heterocycles. The van der Waals surface area contributed by atoms with Gasteiger partial charge in [0.15, 0.2) is 0 Å². The Labute approximate surface area is 169 Å². The van der Waals surface area contributed by atoms with Crippen LogP contribution in [0.15, 0.2) is 41.5 Å². The standard InChI is InChI=1S/C19H17ClN4O3S/c1-2-14-8-15-18(28-14)21-10-24(19(15)27)22-17(26)11-6-16(25)23(9-11)13-5-3-4-12(20)7-13/h3-5,7-8,10-11H,2,6,9H2,1H3,(H,22,26). The van der Waals surface area contributed by atoms with Crippen LogP contribution in [-0.4, -0.2) is 28.0 Å². The summed E-state index contributed by atoms with van der Waals surface area (Å²) in [7, 11) is 0. The van der Waals surface area contributed by atoms with Gasteiger partial charge in [-0.3, -0.25) is 19.8 Å². The van der Waals surface area contributed by atoms with Gasteiger partial charge >= 0.3 is 0 Å². The van der Waals surface area contributed by atoms with Crippen molar-refractivity contribution in [2.45, 2.75) is 19.8 Å². The predicted molar refractivity (Wildman–Crippen MR) is 110 cm³/mol. The van der Waals surface area contributed by atoms with Crippen LogP contribution >= 0.6 is 22.9 Å². The van der Waals surface area contributed by atoms with Crippen molar-refractivity contribution in [3.05, 3.63) is 56.9 Å². The number of nitrogens with one attached hydrogen (secondary N) is 1. The topological polar surface area (TPSA) is 84.3 Å². The molecule has 1 fully saturated rings. The van der Waals surface area contributed by atoms with Crippen LogP contribution in [0.25, 0.3) is 10.2 Å². The van der Waals surface area contributed by atoms with Gasteiger partial charge < -0.3 is 4.90 Å². The molecule has 1 aliphatic rings. The van der Waals surface area contributed by atoms with Crippen LogP contribution < -0.4 is 15.9 Å². The summed E-state index contributed by atoms with van der Waals surface area (Å²) in [5.74, 6) is -1.12. The van der Waals surface area contributed by atoms with Crippen LogP contribution in [0.2, 0.25) is 5.02 Å². The summed E-state index contributed by atoms with van der Waals surface area (Å²) in [5.41, 5.74) is 2.90. The van der Waals surface area contributed by atoms with Crippen molar-refractivity contribution in [1.82, 2.24) is 9.66 Å². The third kappa shape index (κ3) is 3.41. The first-order valence-electron chi connectivity index (χ1n) is 8.83. The molecule has 0 spiro atoms. The summed E-state index contributed by atoms with van der Waals surface area (Å²) in [6.07, 6.45) is 2.20. The van der Waals surface area contributed by atoms with E-state index in [-0.39, 0.29) is 24.4 Å². The fraction of sp³-hybridized carbons (Fsp3) is 0.263. The van der Waals surface area contributed by atoms with Gasteiger partial charge in [0.1, 0.15) is 11.2 Å². The molecule has 3 heterocycles. The SMILES string of the molecule is CCc1cc2c(=O)n(NC(=O)C3CC(=O)N(c4cccc(Cl)c4)C3)cnc2s1. The smallest absolute Gasteiger partial charge is 0.280 e. The highest BCUT2D eigenvalue weighted by atomic mass is 35.5. The number of fused-ring (bicyclic) bond motifs is 1. The molecule has 7 nitrogen and oxygen atoms in total. The third-order valence-corrected chi connectivity index (χ3v) is 6.12. The number of hydrogen-bond donors (Lipinski definition) is 1. The van der Waals surface area contributed by atoms with E-state index in [4.69, 9.17) is 11.6 Å². The number of nitrogens with zero attached hydrogens (tertiary/aromatic N) is 3. The van der Waals surface area contributed by atoms with Gasteiger partial charge in [-0.25, -0.2) is 9.66 Å². The van der Waals surface area contributed by atoms with Gasteiger partial charge in [0.2, 0.25) is 11.8 Å². The van der Waals surface area contributed by atoms with Gasteiger partial charge in [-0.05, 0) is 30.7 Å². The lowest BCUT2D eigenvalue weighted by molar-refractivity contribution is -0.123. The normalized spacial score (nSPS) is 16.7. The number of anilines is 1. The fourth-order valence-corrected chi connectivity index (χ4v) is 4.32. The summed E-state index contributed by atoms with van der Waals surface area (Å²) in [6, 6.07) is 8.74. The van der Waals surface area contributed by atoms with E-state index in [1.807, 2.05) is 6.92 Å². The Kier molecular flexibility index (Phi) is 4.91. The fourth-order valence-electron chi connectivity index (χ4n) is 3.21. The molecule has 0 saturated carbocycles. The van der Waals surface area contributed by atoms with E-state index in [0.717, 1.165) is 16.0 Å². The van der Waals surface area contributed by atoms with Crippen molar-refractivity contribution in [3.8, 4) is 0 Å². The Morgan fingerprint density at radius 1 is 1.36 bits per heavy atom. The monoisotopic (exact) mass is 416 g/mol. The van der Waals surface area contributed by atoms with E-state index in [9.17, 15) is 14.4 Å². The Bertz CT molecular complexity index is 1140. The van der Waals surface area contributed by atoms with E-state index in [0.29, 0.717) is 20.9 Å². The summed E-state index contributed by atoms with van der Waals surface area (Å²) in [5, 5.41) is 0.999. The average Bonchev–Trinajstić information content (AvgIpc) is 3.28. The highest BCUT2D eigenvalue weighted by Gasteiger charge is 2.35. The highest BCUT2D eigenvalue weighted by molar-refractivity contribution is 7.18. The van der Waals surface area contributed by atoms with Crippen molar-refractivity contribution in [3.63, 3.8) is 0 Å². The highest BCUT2D eigenvalue weighted by Crippen LogP contribution is 2.27. The lowest BCUT2D eigenvalue weighted by Crippen LogP contribution is -2.37. The molecule has 1 unspecified atom stereocenters. The number of carbonyl (C=O) groups excluding carboxylic acids is 2. The van der Waals surface area contributed by atoms with Crippen LogP contribution in [0, 0.1) is 5.92 Å². The lowest BCUT2D eigenvalue weighted by atomic mass is 10.1. The second-order valence-corrected chi connectivity index (χ2v) is 8.12. The molecule has 1 saturated heterocycles. The second-order valence-electron chi connectivity index (χ2n) is 6.57. The molecule has 2 amide bonds. The number of carbonyl (C=O) groups is 2. The molecule has 9 heteroatoms. The molecule has 28 heavy (non-hydrogen) atoms. The van der Waals surface area contributed by atoms with E-state index in [2.05, 4.69) is 10.4 Å². The number of halogens is 1.